The number of carbonyl (C=O) groups is 1. The topological polar surface area (TPSA) is 50.2 Å². The highest BCUT2D eigenvalue weighted by molar-refractivity contribution is 5.76. The van der Waals surface area contributed by atoms with Crippen LogP contribution in [-0.2, 0) is 11.3 Å². The number of hydrogen-bond acceptors (Lipinski definition) is 3. The zero-order valence-electron chi connectivity index (χ0n) is 8.86. The predicted molar refractivity (Wildman–Crippen MR) is 55.2 cm³/mol. The van der Waals surface area contributed by atoms with Gasteiger partial charge in [-0.1, -0.05) is 0 Å². The van der Waals surface area contributed by atoms with E-state index in [2.05, 4.69) is 16.5 Å². The lowest BCUT2D eigenvalue weighted by Crippen LogP contribution is -2.47. The fraction of sp³-hybridized carbons (Fsp3) is 0.600. The standard InChI is InChI=1S/C10H15N4O/c1-9-2-5-14(12-9)8-10(15)13-6-3-11-4-7-13/h5,11H,3-4,6-8H2,1H3. The van der Waals surface area contributed by atoms with Crippen LogP contribution in [-0.4, -0.2) is 46.8 Å². The lowest BCUT2D eigenvalue weighted by molar-refractivity contribution is -0.132. The molecule has 1 fully saturated rings. The van der Waals surface area contributed by atoms with Gasteiger partial charge in [0.1, 0.15) is 6.54 Å². The van der Waals surface area contributed by atoms with Gasteiger partial charge in [-0.15, -0.1) is 0 Å². The first-order valence-electron chi connectivity index (χ1n) is 5.16. The minimum atomic E-state index is 0.132. The van der Waals surface area contributed by atoms with Crippen molar-refractivity contribution in [1.29, 1.82) is 0 Å². The normalized spacial score (nSPS) is 16.7. The Labute approximate surface area is 89.1 Å². The van der Waals surface area contributed by atoms with E-state index in [-0.39, 0.29) is 5.91 Å². The molecule has 5 heteroatoms. The number of piperazine rings is 1. The van der Waals surface area contributed by atoms with E-state index in [1.54, 1.807) is 10.9 Å². The Morgan fingerprint density at radius 1 is 1.60 bits per heavy atom. The average Bonchev–Trinajstić information content (AvgIpc) is 2.65. The second kappa shape index (κ2) is 4.44. The molecule has 1 N–H and O–H groups in total. The largest absolute Gasteiger partial charge is 0.339 e. The lowest BCUT2D eigenvalue weighted by Gasteiger charge is -2.27. The van der Waals surface area contributed by atoms with Gasteiger partial charge in [-0.2, -0.15) is 5.10 Å². The molecule has 5 nitrogen and oxygen atoms in total. The van der Waals surface area contributed by atoms with E-state index in [4.69, 9.17) is 0 Å². The Morgan fingerprint density at radius 2 is 2.33 bits per heavy atom. The van der Waals surface area contributed by atoms with Crippen LogP contribution in [0.15, 0.2) is 6.20 Å². The van der Waals surface area contributed by atoms with Gasteiger partial charge in [-0.25, -0.2) is 0 Å². The molecule has 0 bridgehead atoms. The zero-order chi connectivity index (χ0) is 10.7. The maximum atomic E-state index is 11.8. The molecule has 0 aliphatic carbocycles. The van der Waals surface area contributed by atoms with Gasteiger partial charge < -0.3 is 10.2 Å². The predicted octanol–water partition coefficient (Wildman–Crippen LogP) is -0.576. The maximum absolute atomic E-state index is 11.8. The van der Waals surface area contributed by atoms with Crippen LogP contribution in [0.2, 0.25) is 0 Å². The van der Waals surface area contributed by atoms with Crippen molar-refractivity contribution in [3.8, 4) is 0 Å². The van der Waals surface area contributed by atoms with E-state index in [1.165, 1.54) is 0 Å². The summed E-state index contributed by atoms with van der Waals surface area (Å²) in [7, 11) is 0. The SMILES string of the molecule is Cc1[c]cn(CC(=O)N2CCNCC2)n1. The Morgan fingerprint density at radius 3 is 2.93 bits per heavy atom. The molecule has 1 amide bonds. The highest BCUT2D eigenvalue weighted by Crippen LogP contribution is 1.97. The molecule has 2 heterocycles. The van der Waals surface area contributed by atoms with Gasteiger partial charge in [-0.3, -0.25) is 9.48 Å². The van der Waals surface area contributed by atoms with Crippen LogP contribution in [0.1, 0.15) is 5.69 Å². The average molecular weight is 207 g/mol. The van der Waals surface area contributed by atoms with Gasteiger partial charge >= 0.3 is 0 Å². The van der Waals surface area contributed by atoms with Gasteiger partial charge in [0.05, 0.1) is 5.69 Å². The summed E-state index contributed by atoms with van der Waals surface area (Å²) < 4.78 is 1.64. The molecular formula is C10H15N4O. The van der Waals surface area contributed by atoms with Gasteiger partial charge in [0.25, 0.3) is 0 Å². The molecule has 0 saturated carbocycles. The molecule has 1 saturated heterocycles. The van der Waals surface area contributed by atoms with E-state index in [0.717, 1.165) is 31.9 Å². The summed E-state index contributed by atoms with van der Waals surface area (Å²) >= 11 is 0. The minimum absolute atomic E-state index is 0.132. The van der Waals surface area contributed by atoms with Crippen molar-refractivity contribution in [3.63, 3.8) is 0 Å². The molecule has 81 valence electrons. The number of nitrogens with zero attached hydrogens (tertiary/aromatic N) is 3. The van der Waals surface area contributed by atoms with E-state index in [1.807, 2.05) is 11.8 Å². The zero-order valence-corrected chi connectivity index (χ0v) is 8.86. The third kappa shape index (κ3) is 2.56. The second-order valence-corrected chi connectivity index (χ2v) is 3.69. The van der Waals surface area contributed by atoms with Crippen molar-refractivity contribution in [2.75, 3.05) is 26.2 Å². The summed E-state index contributed by atoms with van der Waals surface area (Å²) in [6.07, 6.45) is 1.72. The molecule has 1 aromatic rings. The van der Waals surface area contributed by atoms with Gasteiger partial charge in [-0.05, 0) is 6.92 Å². The molecule has 1 aliphatic heterocycles. The molecule has 0 atom stereocenters. The number of aryl methyl sites for hydroxylation is 1. The van der Waals surface area contributed by atoms with Gasteiger partial charge in [0, 0.05) is 38.4 Å². The summed E-state index contributed by atoms with van der Waals surface area (Å²) in [5, 5.41) is 7.36. The summed E-state index contributed by atoms with van der Waals surface area (Å²) in [6.45, 7) is 5.55. The first-order chi connectivity index (χ1) is 7.25. The molecule has 0 aromatic carbocycles. The summed E-state index contributed by atoms with van der Waals surface area (Å²) in [5.74, 6) is 0.132. The first-order valence-corrected chi connectivity index (χ1v) is 5.16. The lowest BCUT2D eigenvalue weighted by atomic mass is 10.3. The van der Waals surface area contributed by atoms with Crippen molar-refractivity contribution in [2.45, 2.75) is 13.5 Å². The van der Waals surface area contributed by atoms with Gasteiger partial charge in [0.2, 0.25) is 5.91 Å². The van der Waals surface area contributed by atoms with Crippen LogP contribution in [0.3, 0.4) is 0 Å². The first kappa shape index (κ1) is 10.2. The van der Waals surface area contributed by atoms with Crippen molar-refractivity contribution in [1.82, 2.24) is 20.0 Å². The number of carbonyl (C=O) groups excluding carboxylic acids is 1. The van der Waals surface area contributed by atoms with E-state index >= 15 is 0 Å². The van der Waals surface area contributed by atoms with Crippen LogP contribution >= 0.6 is 0 Å². The highest BCUT2D eigenvalue weighted by Gasteiger charge is 2.16. The highest BCUT2D eigenvalue weighted by atomic mass is 16.2. The fourth-order valence-electron chi connectivity index (χ4n) is 1.65. The van der Waals surface area contributed by atoms with Crippen LogP contribution in [0.5, 0.6) is 0 Å². The molecule has 1 aliphatic rings. The minimum Gasteiger partial charge on any atom is -0.339 e. The van der Waals surface area contributed by atoms with Crippen molar-refractivity contribution in [2.24, 2.45) is 0 Å². The quantitative estimate of drug-likeness (QED) is 0.706. The summed E-state index contributed by atoms with van der Waals surface area (Å²) in [5.41, 5.74) is 0.822. The van der Waals surface area contributed by atoms with Crippen LogP contribution < -0.4 is 5.32 Å². The Kier molecular flexibility index (Phi) is 3.01. The monoisotopic (exact) mass is 207 g/mol. The van der Waals surface area contributed by atoms with E-state index in [9.17, 15) is 4.79 Å². The van der Waals surface area contributed by atoms with Crippen LogP contribution in [0.25, 0.3) is 0 Å². The molecular weight excluding hydrogens is 192 g/mol. The molecule has 15 heavy (non-hydrogen) atoms. The maximum Gasteiger partial charge on any atom is 0.244 e. The second-order valence-electron chi connectivity index (χ2n) is 3.69. The van der Waals surface area contributed by atoms with Crippen LogP contribution in [0, 0.1) is 13.0 Å². The number of rotatable bonds is 2. The molecule has 1 radical (unpaired) electrons. The number of hydrogen-bond donors (Lipinski definition) is 1. The number of amides is 1. The molecule has 0 unspecified atom stereocenters. The van der Waals surface area contributed by atoms with E-state index in [0.29, 0.717) is 6.54 Å². The van der Waals surface area contributed by atoms with Crippen LogP contribution in [0.4, 0.5) is 0 Å². The van der Waals surface area contributed by atoms with Crippen molar-refractivity contribution >= 4 is 5.91 Å². The summed E-state index contributed by atoms with van der Waals surface area (Å²) in [6, 6.07) is 2.95. The number of aromatic nitrogens is 2. The summed E-state index contributed by atoms with van der Waals surface area (Å²) in [4.78, 5) is 13.7. The fourth-order valence-corrected chi connectivity index (χ4v) is 1.65. The molecule has 0 spiro atoms. The Bertz CT molecular complexity index is 341. The Balaban J connectivity index is 1.91. The van der Waals surface area contributed by atoms with Gasteiger partial charge in [0.15, 0.2) is 0 Å². The van der Waals surface area contributed by atoms with Crippen molar-refractivity contribution < 1.29 is 4.79 Å². The molecule has 2 rings (SSSR count). The smallest absolute Gasteiger partial charge is 0.244 e. The Hall–Kier alpha value is -1.36. The van der Waals surface area contributed by atoms with Crippen molar-refractivity contribution in [3.05, 3.63) is 18.0 Å². The third-order valence-electron chi connectivity index (χ3n) is 2.47. The van der Waals surface area contributed by atoms with E-state index < -0.39 is 0 Å². The third-order valence-corrected chi connectivity index (χ3v) is 2.47. The number of nitrogens with one attached hydrogen (secondary N) is 1. The molecule has 1 aromatic heterocycles.